The first-order valence-electron chi connectivity index (χ1n) is 20.4. The van der Waals surface area contributed by atoms with Crippen molar-refractivity contribution in [3.8, 4) is 11.1 Å². The van der Waals surface area contributed by atoms with E-state index in [1.54, 1.807) is 0 Å². The molecule has 0 atom stereocenters. The van der Waals surface area contributed by atoms with E-state index >= 15 is 0 Å². The molecule has 4 heterocycles. The molecule has 274 valence electrons. The first-order chi connectivity index (χ1) is 27.9. The summed E-state index contributed by atoms with van der Waals surface area (Å²) >= 11 is 3.91. The van der Waals surface area contributed by atoms with Crippen LogP contribution >= 0.6 is 22.7 Å². The number of nitrogens with zero attached hydrogens (tertiary/aromatic N) is 2. The Morgan fingerprint density at radius 3 is 2.11 bits per heavy atom. The quantitative estimate of drug-likeness (QED) is 0.165. The predicted octanol–water partition coefficient (Wildman–Crippen LogP) is 13.2. The van der Waals surface area contributed by atoms with Crippen LogP contribution < -0.4 is 25.5 Å². The van der Waals surface area contributed by atoms with E-state index in [-0.39, 0.29) is 12.1 Å². The van der Waals surface area contributed by atoms with Gasteiger partial charge in [0, 0.05) is 53.1 Å². The first kappa shape index (κ1) is 33.5. The molecule has 57 heavy (non-hydrogen) atoms. The van der Waals surface area contributed by atoms with Gasteiger partial charge in [-0.25, -0.2) is 0 Å². The van der Waals surface area contributed by atoms with Crippen LogP contribution in [0.1, 0.15) is 50.3 Å². The van der Waals surface area contributed by atoms with Crippen molar-refractivity contribution in [1.82, 2.24) is 0 Å². The van der Waals surface area contributed by atoms with Crippen LogP contribution in [0.25, 0.3) is 41.4 Å². The molecule has 2 aliphatic heterocycles. The molecule has 0 radical (unpaired) electrons. The molecule has 0 spiro atoms. The van der Waals surface area contributed by atoms with Gasteiger partial charge >= 0.3 is 0 Å². The van der Waals surface area contributed by atoms with E-state index in [1.165, 1.54) is 127 Å². The molecule has 0 saturated heterocycles. The van der Waals surface area contributed by atoms with Gasteiger partial charge in [-0.3, -0.25) is 0 Å². The van der Waals surface area contributed by atoms with E-state index in [2.05, 4.69) is 176 Å². The topological polar surface area (TPSA) is 6.48 Å². The Hall–Kier alpha value is -5.62. The third-order valence-electron chi connectivity index (χ3n) is 12.8. The van der Waals surface area contributed by atoms with Crippen molar-refractivity contribution in [2.75, 3.05) is 9.80 Å². The standard InChI is InChI=1S/C52H41BN2S2/c1-52(2,3)36-25-27-47-40(31-36)49-51(57-47)53-41-20-10-11-21-42(41)55(43-22-13-19-39-38-18-9-12-23-46(38)56-50(39)43)45-30-35(32-14-5-4-6-15-32)29-44(48(45)53)54(49)37-26-24-33-16-7-8-17-34(33)28-37/h4-6,9-15,18-31H,7-8,16-17H2,1-3H3. The number of hydrogen-bond acceptors (Lipinski definition) is 4. The summed E-state index contributed by atoms with van der Waals surface area (Å²) in [5.41, 5.74) is 17.3. The van der Waals surface area contributed by atoms with Gasteiger partial charge in [-0.2, -0.15) is 0 Å². The Labute approximate surface area is 342 Å². The van der Waals surface area contributed by atoms with Crippen LogP contribution in [0, 0.1) is 0 Å². The zero-order valence-electron chi connectivity index (χ0n) is 32.5. The van der Waals surface area contributed by atoms with Gasteiger partial charge in [0.05, 0.1) is 16.1 Å². The molecule has 0 unspecified atom stereocenters. The van der Waals surface area contributed by atoms with Crippen LogP contribution in [0.2, 0.25) is 0 Å². The lowest BCUT2D eigenvalue weighted by Gasteiger charge is -2.43. The highest BCUT2D eigenvalue weighted by Gasteiger charge is 2.46. The number of benzene rings is 7. The highest BCUT2D eigenvalue weighted by atomic mass is 32.1. The Morgan fingerprint density at radius 1 is 0.526 bits per heavy atom. The summed E-state index contributed by atoms with van der Waals surface area (Å²) in [5.74, 6) is 0. The van der Waals surface area contributed by atoms with Gasteiger partial charge in [-0.05, 0) is 124 Å². The van der Waals surface area contributed by atoms with Crippen molar-refractivity contribution >= 4 is 109 Å². The maximum absolute atomic E-state index is 2.67. The Morgan fingerprint density at radius 2 is 1.25 bits per heavy atom. The normalized spacial score (nSPS) is 14.5. The van der Waals surface area contributed by atoms with E-state index < -0.39 is 0 Å². The third-order valence-corrected chi connectivity index (χ3v) is 15.2. The van der Waals surface area contributed by atoms with E-state index in [4.69, 9.17) is 0 Å². The van der Waals surface area contributed by atoms with E-state index in [1.807, 2.05) is 22.7 Å². The minimum atomic E-state index is 0.0332. The minimum Gasteiger partial charge on any atom is -0.310 e. The van der Waals surface area contributed by atoms with E-state index in [9.17, 15) is 0 Å². The number of fused-ring (bicyclic) bond motifs is 10. The van der Waals surface area contributed by atoms with Crippen molar-refractivity contribution in [1.29, 1.82) is 0 Å². The van der Waals surface area contributed by atoms with Crippen molar-refractivity contribution in [2.24, 2.45) is 0 Å². The summed E-state index contributed by atoms with van der Waals surface area (Å²) in [6.45, 7) is 7.11. The largest absolute Gasteiger partial charge is 0.310 e. The monoisotopic (exact) mass is 768 g/mol. The SMILES string of the molecule is CC(C)(C)c1ccc2sc3c(c2c1)N(c1ccc2c(c1)CCCC2)c1cc(-c2ccccc2)cc2c1B3c1ccccc1N2c1cccc2c1sc1ccccc12. The van der Waals surface area contributed by atoms with Crippen LogP contribution in [0.15, 0.2) is 146 Å². The second-order valence-electron chi connectivity index (χ2n) is 17.1. The number of thiophene rings is 2. The molecule has 0 saturated carbocycles. The summed E-state index contributed by atoms with van der Waals surface area (Å²) < 4.78 is 5.43. The zero-order valence-corrected chi connectivity index (χ0v) is 34.1. The minimum absolute atomic E-state index is 0.0332. The molecule has 5 heteroatoms. The third kappa shape index (κ3) is 5.01. The Kier molecular flexibility index (Phi) is 7.32. The zero-order chi connectivity index (χ0) is 38.0. The molecule has 0 bridgehead atoms. The fourth-order valence-electron chi connectivity index (χ4n) is 9.99. The second kappa shape index (κ2) is 12.4. The van der Waals surface area contributed by atoms with Crippen LogP contribution in [0.3, 0.4) is 0 Å². The van der Waals surface area contributed by atoms with Crippen LogP contribution in [0.4, 0.5) is 34.1 Å². The summed E-state index contributed by atoms with van der Waals surface area (Å²) in [4.78, 5) is 5.28. The molecular formula is C52H41BN2S2. The number of rotatable bonds is 3. The lowest BCUT2D eigenvalue weighted by molar-refractivity contribution is 0.591. The van der Waals surface area contributed by atoms with Gasteiger partial charge in [0.25, 0.3) is 6.71 Å². The van der Waals surface area contributed by atoms with Gasteiger partial charge in [0.2, 0.25) is 0 Å². The number of hydrogen-bond donors (Lipinski definition) is 0. The first-order valence-corrected chi connectivity index (χ1v) is 22.1. The molecule has 2 nitrogen and oxygen atoms in total. The molecule has 0 amide bonds. The molecule has 0 N–H and O–H groups in total. The smallest absolute Gasteiger partial charge is 0.264 e. The molecule has 9 aromatic rings. The number of anilines is 6. The molecule has 2 aromatic heterocycles. The number of aryl methyl sites for hydroxylation is 2. The van der Waals surface area contributed by atoms with Gasteiger partial charge in [0.15, 0.2) is 0 Å². The second-order valence-corrected chi connectivity index (χ2v) is 19.3. The van der Waals surface area contributed by atoms with E-state index in [0.29, 0.717) is 0 Å². The average molecular weight is 769 g/mol. The summed E-state index contributed by atoms with van der Waals surface area (Å²) in [5, 5.41) is 4.00. The van der Waals surface area contributed by atoms with Gasteiger partial charge in [0.1, 0.15) is 0 Å². The van der Waals surface area contributed by atoms with Crippen molar-refractivity contribution in [3.63, 3.8) is 0 Å². The van der Waals surface area contributed by atoms with Gasteiger partial charge in [-0.1, -0.05) is 112 Å². The molecule has 7 aromatic carbocycles. The van der Waals surface area contributed by atoms with Crippen molar-refractivity contribution in [3.05, 3.63) is 162 Å². The molecule has 0 fully saturated rings. The number of para-hydroxylation sites is 1. The van der Waals surface area contributed by atoms with Gasteiger partial charge in [-0.15, -0.1) is 22.7 Å². The van der Waals surface area contributed by atoms with Gasteiger partial charge < -0.3 is 9.80 Å². The van der Waals surface area contributed by atoms with Crippen LogP contribution in [0.5, 0.6) is 0 Å². The summed E-state index contributed by atoms with van der Waals surface area (Å²) in [6, 6.07) is 55.7. The Balaban J connectivity index is 1.22. The fraction of sp³-hybridized carbons (Fsp3) is 0.154. The highest BCUT2D eigenvalue weighted by Crippen LogP contribution is 2.51. The van der Waals surface area contributed by atoms with E-state index in [0.717, 1.165) is 6.42 Å². The maximum Gasteiger partial charge on any atom is 0.264 e. The summed E-state index contributed by atoms with van der Waals surface area (Å²) in [7, 11) is 0. The maximum atomic E-state index is 2.67. The van der Waals surface area contributed by atoms with Crippen LogP contribution in [-0.2, 0) is 18.3 Å². The Bertz CT molecular complexity index is 3090. The van der Waals surface area contributed by atoms with Crippen molar-refractivity contribution in [2.45, 2.75) is 51.9 Å². The van der Waals surface area contributed by atoms with Crippen molar-refractivity contribution < 1.29 is 0 Å². The molecule has 3 aliphatic rings. The summed E-state index contributed by atoms with van der Waals surface area (Å²) in [6.07, 6.45) is 4.86. The fourth-order valence-corrected chi connectivity index (χ4v) is 12.5. The lowest BCUT2D eigenvalue weighted by atomic mass is 9.36. The average Bonchev–Trinajstić information content (AvgIpc) is 3.82. The lowest BCUT2D eigenvalue weighted by Crippen LogP contribution is -2.60. The molecule has 12 rings (SSSR count). The predicted molar refractivity (Wildman–Crippen MR) is 250 cm³/mol. The highest BCUT2D eigenvalue weighted by molar-refractivity contribution is 7.33. The molecule has 1 aliphatic carbocycles. The molecular weight excluding hydrogens is 728 g/mol. The van der Waals surface area contributed by atoms with Crippen LogP contribution in [-0.4, -0.2) is 6.71 Å².